The SMILES string of the molecule is COc1ccc(-c2csc3ncn(-c4cccc(OC)c4)c(=O)c23)cc1. The number of methoxy groups -OCH3 is 2. The minimum absolute atomic E-state index is 0.102. The van der Waals surface area contributed by atoms with Crippen molar-refractivity contribution < 1.29 is 9.47 Å². The van der Waals surface area contributed by atoms with Crippen LogP contribution in [0.15, 0.2) is 65.0 Å². The molecular weight excluding hydrogens is 348 g/mol. The van der Waals surface area contributed by atoms with Gasteiger partial charge >= 0.3 is 0 Å². The van der Waals surface area contributed by atoms with Crippen molar-refractivity contribution in [3.05, 3.63) is 70.6 Å². The van der Waals surface area contributed by atoms with E-state index < -0.39 is 0 Å². The summed E-state index contributed by atoms with van der Waals surface area (Å²) in [6.07, 6.45) is 1.56. The van der Waals surface area contributed by atoms with E-state index in [-0.39, 0.29) is 5.56 Å². The molecule has 4 rings (SSSR count). The minimum Gasteiger partial charge on any atom is -0.497 e. The average Bonchev–Trinajstić information content (AvgIpc) is 3.13. The second-order valence-electron chi connectivity index (χ2n) is 5.68. The lowest BCUT2D eigenvalue weighted by atomic mass is 10.1. The van der Waals surface area contributed by atoms with Crippen LogP contribution in [0.2, 0.25) is 0 Å². The van der Waals surface area contributed by atoms with Crippen molar-refractivity contribution in [2.24, 2.45) is 0 Å². The summed E-state index contributed by atoms with van der Waals surface area (Å²) in [6, 6.07) is 15.0. The lowest BCUT2D eigenvalue weighted by molar-refractivity contribution is 0.414. The fourth-order valence-corrected chi connectivity index (χ4v) is 3.77. The molecule has 2 aromatic heterocycles. The first kappa shape index (κ1) is 16.4. The van der Waals surface area contributed by atoms with Crippen molar-refractivity contribution in [3.63, 3.8) is 0 Å². The maximum Gasteiger partial charge on any atom is 0.267 e. The highest BCUT2D eigenvalue weighted by Gasteiger charge is 2.14. The van der Waals surface area contributed by atoms with Gasteiger partial charge < -0.3 is 9.47 Å². The van der Waals surface area contributed by atoms with E-state index in [0.717, 1.165) is 27.4 Å². The van der Waals surface area contributed by atoms with Gasteiger partial charge in [-0.15, -0.1) is 11.3 Å². The van der Waals surface area contributed by atoms with Crippen molar-refractivity contribution in [3.8, 4) is 28.3 Å². The average molecular weight is 364 g/mol. The van der Waals surface area contributed by atoms with Gasteiger partial charge in [0.05, 0.1) is 25.3 Å². The zero-order valence-corrected chi connectivity index (χ0v) is 15.1. The quantitative estimate of drug-likeness (QED) is 0.546. The number of fused-ring (bicyclic) bond motifs is 1. The van der Waals surface area contributed by atoms with E-state index in [1.54, 1.807) is 25.1 Å². The highest BCUT2D eigenvalue weighted by molar-refractivity contribution is 7.17. The Morgan fingerprint density at radius 3 is 2.50 bits per heavy atom. The highest BCUT2D eigenvalue weighted by atomic mass is 32.1. The summed E-state index contributed by atoms with van der Waals surface area (Å²) in [5.74, 6) is 1.47. The molecule has 0 atom stereocenters. The molecule has 2 aromatic carbocycles. The predicted octanol–water partition coefficient (Wildman–Crippen LogP) is 4.13. The Morgan fingerprint density at radius 2 is 1.77 bits per heavy atom. The van der Waals surface area contributed by atoms with E-state index in [2.05, 4.69) is 4.98 Å². The molecule has 0 fully saturated rings. The smallest absolute Gasteiger partial charge is 0.267 e. The van der Waals surface area contributed by atoms with Crippen LogP contribution in [0.5, 0.6) is 11.5 Å². The number of nitrogens with zero attached hydrogens (tertiary/aromatic N) is 2. The lowest BCUT2D eigenvalue weighted by Gasteiger charge is -2.08. The van der Waals surface area contributed by atoms with Gasteiger partial charge in [0.25, 0.3) is 5.56 Å². The molecule has 130 valence electrons. The van der Waals surface area contributed by atoms with E-state index in [1.807, 2.05) is 53.9 Å². The molecule has 2 heterocycles. The van der Waals surface area contributed by atoms with E-state index in [0.29, 0.717) is 11.1 Å². The van der Waals surface area contributed by atoms with E-state index in [9.17, 15) is 4.79 Å². The number of ether oxygens (including phenoxy) is 2. The Bertz CT molecular complexity index is 1130. The first-order chi connectivity index (χ1) is 12.7. The van der Waals surface area contributed by atoms with Gasteiger partial charge in [0.15, 0.2) is 0 Å². The number of benzene rings is 2. The van der Waals surface area contributed by atoms with Crippen LogP contribution in [0, 0.1) is 0 Å². The van der Waals surface area contributed by atoms with Crippen LogP contribution in [0.4, 0.5) is 0 Å². The third-order valence-electron chi connectivity index (χ3n) is 4.23. The largest absolute Gasteiger partial charge is 0.497 e. The number of rotatable bonds is 4. The third kappa shape index (κ3) is 2.74. The summed E-state index contributed by atoms with van der Waals surface area (Å²) >= 11 is 1.46. The fraction of sp³-hybridized carbons (Fsp3) is 0.100. The molecule has 0 aliphatic rings. The molecule has 26 heavy (non-hydrogen) atoms. The summed E-state index contributed by atoms with van der Waals surface area (Å²) in [4.78, 5) is 18.4. The Balaban J connectivity index is 1.90. The molecule has 4 aromatic rings. The van der Waals surface area contributed by atoms with Gasteiger partial charge in [-0.3, -0.25) is 9.36 Å². The van der Waals surface area contributed by atoms with Crippen molar-refractivity contribution in [2.75, 3.05) is 14.2 Å². The third-order valence-corrected chi connectivity index (χ3v) is 5.11. The van der Waals surface area contributed by atoms with Crippen LogP contribution in [0.1, 0.15) is 0 Å². The Labute approximate surface area is 154 Å². The van der Waals surface area contributed by atoms with Crippen LogP contribution in [0.25, 0.3) is 27.0 Å². The first-order valence-electron chi connectivity index (χ1n) is 7.99. The maximum atomic E-state index is 13.2. The molecule has 0 aliphatic carbocycles. The van der Waals surface area contributed by atoms with Crippen molar-refractivity contribution >= 4 is 21.6 Å². The Morgan fingerprint density at radius 1 is 1.00 bits per heavy atom. The van der Waals surface area contributed by atoms with E-state index in [1.165, 1.54) is 11.3 Å². The number of hydrogen-bond acceptors (Lipinski definition) is 5. The molecule has 6 heteroatoms. The van der Waals surface area contributed by atoms with E-state index in [4.69, 9.17) is 9.47 Å². The molecule has 0 bridgehead atoms. The summed E-state index contributed by atoms with van der Waals surface area (Å²) in [5, 5.41) is 2.59. The van der Waals surface area contributed by atoms with Gasteiger partial charge in [-0.05, 0) is 29.8 Å². The number of thiophene rings is 1. The maximum absolute atomic E-state index is 13.2. The standard InChI is InChI=1S/C20H16N2O3S/c1-24-15-8-6-13(7-9-15)17-11-26-19-18(17)20(23)22(12-21-19)14-4-3-5-16(10-14)25-2/h3-12H,1-2H3. The molecule has 0 N–H and O–H groups in total. The van der Waals surface area contributed by atoms with Gasteiger partial charge in [-0.25, -0.2) is 4.98 Å². The van der Waals surface area contributed by atoms with Crippen molar-refractivity contribution in [2.45, 2.75) is 0 Å². The molecule has 0 saturated carbocycles. The summed E-state index contributed by atoms with van der Waals surface area (Å²) in [5.41, 5.74) is 2.45. The molecule has 0 saturated heterocycles. The second-order valence-corrected chi connectivity index (χ2v) is 6.54. The van der Waals surface area contributed by atoms with Crippen molar-refractivity contribution in [1.29, 1.82) is 0 Å². The summed E-state index contributed by atoms with van der Waals surface area (Å²) in [7, 11) is 3.23. The summed E-state index contributed by atoms with van der Waals surface area (Å²) < 4.78 is 12.0. The lowest BCUT2D eigenvalue weighted by Crippen LogP contribution is -2.18. The molecule has 0 radical (unpaired) electrons. The molecule has 0 amide bonds. The van der Waals surface area contributed by atoms with Crippen LogP contribution in [0.3, 0.4) is 0 Å². The zero-order chi connectivity index (χ0) is 18.1. The Kier molecular flexibility index (Phi) is 4.18. The van der Waals surface area contributed by atoms with Gasteiger partial charge in [0, 0.05) is 17.0 Å². The monoisotopic (exact) mass is 364 g/mol. The topological polar surface area (TPSA) is 53.4 Å². The van der Waals surface area contributed by atoms with Gasteiger partial charge in [-0.2, -0.15) is 0 Å². The van der Waals surface area contributed by atoms with Gasteiger partial charge in [0.2, 0.25) is 0 Å². The molecule has 5 nitrogen and oxygen atoms in total. The molecule has 0 aliphatic heterocycles. The van der Waals surface area contributed by atoms with E-state index >= 15 is 0 Å². The van der Waals surface area contributed by atoms with Crippen molar-refractivity contribution in [1.82, 2.24) is 9.55 Å². The van der Waals surface area contributed by atoms with Crippen LogP contribution in [-0.2, 0) is 0 Å². The highest BCUT2D eigenvalue weighted by Crippen LogP contribution is 2.32. The van der Waals surface area contributed by atoms with Crippen LogP contribution >= 0.6 is 11.3 Å². The van der Waals surface area contributed by atoms with Crippen LogP contribution < -0.4 is 15.0 Å². The first-order valence-corrected chi connectivity index (χ1v) is 8.87. The molecular formula is C20H16N2O3S. The second kappa shape index (κ2) is 6.65. The fourth-order valence-electron chi connectivity index (χ4n) is 2.86. The molecule has 0 spiro atoms. The minimum atomic E-state index is -0.102. The normalized spacial score (nSPS) is 10.8. The number of aromatic nitrogens is 2. The Hall–Kier alpha value is -3.12. The van der Waals surface area contributed by atoms with Gasteiger partial charge in [-0.1, -0.05) is 18.2 Å². The summed E-state index contributed by atoms with van der Waals surface area (Å²) in [6.45, 7) is 0. The number of hydrogen-bond donors (Lipinski definition) is 0. The zero-order valence-electron chi connectivity index (χ0n) is 14.3. The predicted molar refractivity (Wildman–Crippen MR) is 104 cm³/mol. The van der Waals surface area contributed by atoms with Gasteiger partial charge in [0.1, 0.15) is 22.7 Å². The molecule has 0 unspecified atom stereocenters. The van der Waals surface area contributed by atoms with Crippen LogP contribution in [-0.4, -0.2) is 23.8 Å².